The van der Waals surface area contributed by atoms with Crippen LogP contribution < -0.4 is 15.8 Å². The number of primary amides is 1. The molecule has 8 heteroatoms. The van der Waals surface area contributed by atoms with E-state index in [-0.39, 0.29) is 24.6 Å². The van der Waals surface area contributed by atoms with Gasteiger partial charge in [-0.1, -0.05) is 11.2 Å². The maximum absolute atomic E-state index is 11.7. The van der Waals surface area contributed by atoms with E-state index in [1.807, 2.05) is 0 Å². The molecular weight excluding hydrogens is 262 g/mol. The van der Waals surface area contributed by atoms with Crippen molar-refractivity contribution in [1.29, 1.82) is 0 Å². The number of carbonyl (C=O) groups is 1. The largest absolute Gasteiger partial charge is 0.504 e. The number of phenolic OH excluding ortho intramolecular Hbond substituents is 1. The lowest BCUT2D eigenvalue weighted by atomic mass is 9.90. The van der Waals surface area contributed by atoms with Crippen molar-refractivity contribution in [3.05, 3.63) is 34.2 Å². The summed E-state index contributed by atoms with van der Waals surface area (Å²) in [6.45, 7) is 2.08. The smallest absolute Gasteiger partial charge is 0.242 e. The average Bonchev–Trinajstić information content (AvgIpc) is 2.43. The highest BCUT2D eigenvalue weighted by Gasteiger charge is 2.33. The Bertz CT molecular complexity index is 542. The highest BCUT2D eigenvalue weighted by molar-refractivity contribution is 5.86. The van der Waals surface area contributed by atoms with Crippen molar-refractivity contribution in [1.82, 2.24) is 5.32 Å². The van der Waals surface area contributed by atoms with Gasteiger partial charge in [-0.2, -0.15) is 0 Å². The number of carbonyl (C=O) groups excluding carboxylic acids is 1. The molecule has 1 aromatic carbocycles. The first-order chi connectivity index (χ1) is 9.45. The number of aromatic hydroxyl groups is 1. The highest BCUT2D eigenvalue weighted by atomic mass is 16.5. The number of methoxy groups -OCH3 is 1. The monoisotopic (exact) mass is 279 g/mol. The zero-order chi connectivity index (χ0) is 15.2. The van der Waals surface area contributed by atoms with Gasteiger partial charge in [-0.15, -0.1) is 0 Å². The standard InChI is InChI=1S/C12H17N5O3/c1-12(11(13)19,15-5-6-16-17-14)8-3-4-9(18)10(7-8)20-2/h3-4,7,15,18H,5-6H2,1-2H3,(H2,13,19). The van der Waals surface area contributed by atoms with Gasteiger partial charge in [0.2, 0.25) is 5.91 Å². The predicted octanol–water partition coefficient (Wildman–Crippen LogP) is 1.00. The third-order valence-corrected chi connectivity index (χ3v) is 3.00. The SMILES string of the molecule is COc1cc(C(C)(NCCN=[N+]=[N-])C(N)=O)ccc1O. The normalized spacial score (nSPS) is 13.1. The summed E-state index contributed by atoms with van der Waals surface area (Å²) in [7, 11) is 1.41. The van der Waals surface area contributed by atoms with Gasteiger partial charge in [0.05, 0.1) is 7.11 Å². The van der Waals surface area contributed by atoms with Crippen molar-refractivity contribution in [3.8, 4) is 11.5 Å². The molecule has 0 saturated heterocycles. The van der Waals surface area contributed by atoms with Crippen LogP contribution in [0.25, 0.3) is 10.4 Å². The van der Waals surface area contributed by atoms with Crippen LogP contribution in [0.4, 0.5) is 0 Å². The maximum atomic E-state index is 11.7. The van der Waals surface area contributed by atoms with Crippen LogP contribution in [0.15, 0.2) is 23.3 Å². The number of rotatable bonds is 7. The number of hydrogen-bond acceptors (Lipinski definition) is 5. The minimum absolute atomic E-state index is 0.0304. The van der Waals surface area contributed by atoms with Crippen molar-refractivity contribution >= 4 is 5.91 Å². The molecule has 1 rings (SSSR count). The summed E-state index contributed by atoms with van der Waals surface area (Å²) in [5.74, 6) is -0.379. The molecule has 0 heterocycles. The fraction of sp³-hybridized carbons (Fsp3) is 0.417. The molecule has 108 valence electrons. The lowest BCUT2D eigenvalue weighted by Gasteiger charge is -2.28. The summed E-state index contributed by atoms with van der Waals surface area (Å²) < 4.78 is 5.01. The summed E-state index contributed by atoms with van der Waals surface area (Å²) in [4.78, 5) is 14.4. The van der Waals surface area contributed by atoms with Crippen LogP contribution >= 0.6 is 0 Å². The topological polar surface area (TPSA) is 133 Å². The molecule has 0 aliphatic rings. The van der Waals surface area contributed by atoms with Crippen LogP contribution in [-0.2, 0) is 10.3 Å². The van der Waals surface area contributed by atoms with Gasteiger partial charge in [0, 0.05) is 18.0 Å². The van der Waals surface area contributed by atoms with Crippen molar-refractivity contribution in [2.75, 3.05) is 20.2 Å². The Labute approximate surface area is 116 Å². The van der Waals surface area contributed by atoms with Crippen LogP contribution in [0.3, 0.4) is 0 Å². The number of nitrogens with zero attached hydrogens (tertiary/aromatic N) is 3. The molecule has 1 amide bonds. The maximum Gasteiger partial charge on any atom is 0.242 e. The second kappa shape index (κ2) is 6.65. The van der Waals surface area contributed by atoms with Gasteiger partial charge in [0.25, 0.3) is 0 Å². The zero-order valence-corrected chi connectivity index (χ0v) is 11.3. The summed E-state index contributed by atoms with van der Waals surface area (Å²) in [6.07, 6.45) is 0. The lowest BCUT2D eigenvalue weighted by molar-refractivity contribution is -0.124. The molecule has 0 aromatic heterocycles. The number of benzene rings is 1. The van der Waals surface area contributed by atoms with Crippen LogP contribution in [-0.4, -0.2) is 31.2 Å². The summed E-state index contributed by atoms with van der Waals surface area (Å²) in [5, 5.41) is 15.9. The second-order valence-corrected chi connectivity index (χ2v) is 4.26. The molecule has 8 nitrogen and oxygen atoms in total. The van der Waals surface area contributed by atoms with Crippen molar-refractivity contribution in [2.24, 2.45) is 10.8 Å². The lowest BCUT2D eigenvalue weighted by Crippen LogP contribution is -2.51. The van der Waals surface area contributed by atoms with E-state index in [1.54, 1.807) is 13.0 Å². The van der Waals surface area contributed by atoms with Gasteiger partial charge in [-0.05, 0) is 30.2 Å². The van der Waals surface area contributed by atoms with E-state index in [1.165, 1.54) is 19.2 Å². The molecule has 4 N–H and O–H groups in total. The molecule has 20 heavy (non-hydrogen) atoms. The van der Waals surface area contributed by atoms with E-state index < -0.39 is 11.4 Å². The number of amides is 1. The van der Waals surface area contributed by atoms with Crippen molar-refractivity contribution in [2.45, 2.75) is 12.5 Å². The van der Waals surface area contributed by atoms with Crippen molar-refractivity contribution < 1.29 is 14.6 Å². The first-order valence-electron chi connectivity index (χ1n) is 5.89. The Morgan fingerprint density at radius 1 is 1.65 bits per heavy atom. The van der Waals surface area contributed by atoms with E-state index in [2.05, 4.69) is 15.3 Å². The first kappa shape index (κ1) is 15.6. The van der Waals surface area contributed by atoms with Gasteiger partial charge in [0.1, 0.15) is 5.54 Å². The third kappa shape index (κ3) is 3.31. The number of azide groups is 1. The van der Waals surface area contributed by atoms with Crippen LogP contribution in [0.2, 0.25) is 0 Å². The Morgan fingerprint density at radius 3 is 2.90 bits per heavy atom. The average molecular weight is 279 g/mol. The third-order valence-electron chi connectivity index (χ3n) is 3.00. The number of hydrogen-bond donors (Lipinski definition) is 3. The molecule has 0 aliphatic heterocycles. The Hall–Kier alpha value is -2.44. The van der Waals surface area contributed by atoms with E-state index >= 15 is 0 Å². The Balaban J connectivity index is 3.05. The molecule has 1 unspecified atom stereocenters. The van der Waals surface area contributed by atoms with E-state index in [0.29, 0.717) is 5.56 Å². The fourth-order valence-corrected chi connectivity index (χ4v) is 1.72. The number of nitrogens with one attached hydrogen (secondary N) is 1. The molecule has 0 saturated carbocycles. The fourth-order valence-electron chi connectivity index (χ4n) is 1.72. The van der Waals surface area contributed by atoms with E-state index in [0.717, 1.165) is 0 Å². The number of ether oxygens (including phenoxy) is 1. The van der Waals surface area contributed by atoms with E-state index in [9.17, 15) is 9.90 Å². The molecule has 0 spiro atoms. The van der Waals surface area contributed by atoms with Gasteiger partial charge in [0.15, 0.2) is 11.5 Å². The second-order valence-electron chi connectivity index (χ2n) is 4.26. The van der Waals surface area contributed by atoms with Gasteiger partial charge >= 0.3 is 0 Å². The van der Waals surface area contributed by atoms with E-state index in [4.69, 9.17) is 16.0 Å². The van der Waals surface area contributed by atoms with Crippen molar-refractivity contribution in [3.63, 3.8) is 0 Å². The van der Waals surface area contributed by atoms with Crippen LogP contribution in [0, 0.1) is 0 Å². The summed E-state index contributed by atoms with van der Waals surface area (Å²) in [5.41, 5.74) is 13.0. The zero-order valence-electron chi connectivity index (χ0n) is 11.3. The Morgan fingerprint density at radius 2 is 2.35 bits per heavy atom. The van der Waals surface area contributed by atoms with Gasteiger partial charge in [-0.3, -0.25) is 10.1 Å². The molecule has 0 bridgehead atoms. The molecule has 1 aromatic rings. The molecule has 0 radical (unpaired) electrons. The Kier molecular flexibility index (Phi) is 5.19. The van der Waals surface area contributed by atoms with Crippen LogP contribution in [0.5, 0.6) is 11.5 Å². The molecule has 0 aliphatic carbocycles. The van der Waals surface area contributed by atoms with Gasteiger partial charge in [-0.25, -0.2) is 0 Å². The van der Waals surface area contributed by atoms with Gasteiger partial charge < -0.3 is 15.6 Å². The van der Waals surface area contributed by atoms with Crippen LogP contribution in [0.1, 0.15) is 12.5 Å². The molecule has 0 fully saturated rings. The number of phenols is 1. The highest BCUT2D eigenvalue weighted by Crippen LogP contribution is 2.31. The first-order valence-corrected chi connectivity index (χ1v) is 5.89. The minimum Gasteiger partial charge on any atom is -0.504 e. The minimum atomic E-state index is -1.16. The summed E-state index contributed by atoms with van der Waals surface area (Å²) in [6, 6.07) is 4.52. The molecular formula is C12H17N5O3. The molecule has 1 atom stereocenters. The quantitative estimate of drug-likeness (QED) is 0.297. The predicted molar refractivity (Wildman–Crippen MR) is 73.2 cm³/mol. The number of nitrogens with two attached hydrogens (primary N) is 1. The summed E-state index contributed by atoms with van der Waals surface area (Å²) >= 11 is 0.